The molecule has 2 rings (SSSR count). The van der Waals surface area contributed by atoms with E-state index in [2.05, 4.69) is 11.8 Å². The van der Waals surface area contributed by atoms with Crippen molar-refractivity contribution in [1.29, 1.82) is 0 Å². The number of nitrogens with zero attached hydrogens (tertiary/aromatic N) is 1. The predicted octanol–water partition coefficient (Wildman–Crippen LogP) is 0.959. The lowest BCUT2D eigenvalue weighted by Crippen LogP contribution is -2.49. The zero-order valence-corrected chi connectivity index (χ0v) is 9.73. The average Bonchev–Trinajstić information content (AvgIpc) is 2.23. The molecule has 3 heteroatoms. The van der Waals surface area contributed by atoms with Crippen molar-refractivity contribution in [2.45, 2.75) is 57.2 Å². The van der Waals surface area contributed by atoms with Gasteiger partial charge >= 0.3 is 0 Å². The first kappa shape index (κ1) is 11.4. The Bertz CT molecular complexity index is 202. The van der Waals surface area contributed by atoms with Gasteiger partial charge in [-0.25, -0.2) is 0 Å². The smallest absolute Gasteiger partial charge is 0.0590 e. The van der Waals surface area contributed by atoms with Gasteiger partial charge in [0.15, 0.2) is 0 Å². The summed E-state index contributed by atoms with van der Waals surface area (Å²) in [4.78, 5) is 2.57. The summed E-state index contributed by atoms with van der Waals surface area (Å²) in [5.41, 5.74) is 5.92. The van der Waals surface area contributed by atoms with Gasteiger partial charge in [0.1, 0.15) is 0 Å². The van der Waals surface area contributed by atoms with Crippen LogP contribution in [0.3, 0.4) is 0 Å². The lowest BCUT2D eigenvalue weighted by atomic mass is 9.88. The maximum Gasteiger partial charge on any atom is 0.0590 e. The molecule has 0 radical (unpaired) electrons. The molecule has 2 fully saturated rings. The van der Waals surface area contributed by atoms with Crippen LogP contribution < -0.4 is 5.73 Å². The Hall–Kier alpha value is -0.120. The number of aliphatic hydroxyl groups excluding tert-OH is 1. The fourth-order valence-electron chi connectivity index (χ4n) is 2.96. The molecule has 0 amide bonds. The zero-order valence-electron chi connectivity index (χ0n) is 9.73. The standard InChI is InChI=1S/C12H24N2O/c1-9-8-14(7-6-12(9)15)11-4-2-10(13)3-5-11/h9-12,15H,2-8,13H2,1H3. The molecule has 0 spiro atoms. The van der Waals surface area contributed by atoms with E-state index >= 15 is 0 Å². The Morgan fingerprint density at radius 3 is 2.40 bits per heavy atom. The maximum absolute atomic E-state index is 9.69. The summed E-state index contributed by atoms with van der Waals surface area (Å²) in [6.07, 6.45) is 5.74. The lowest BCUT2D eigenvalue weighted by Gasteiger charge is -2.41. The first-order chi connectivity index (χ1) is 7.16. The van der Waals surface area contributed by atoms with Gasteiger partial charge in [0.05, 0.1) is 6.10 Å². The largest absolute Gasteiger partial charge is 0.393 e. The van der Waals surface area contributed by atoms with E-state index in [4.69, 9.17) is 5.73 Å². The Kier molecular flexibility index (Phi) is 3.65. The molecule has 2 aliphatic rings. The summed E-state index contributed by atoms with van der Waals surface area (Å²) >= 11 is 0. The number of aliphatic hydroxyl groups is 1. The minimum absolute atomic E-state index is 0.0768. The van der Waals surface area contributed by atoms with Gasteiger partial charge in [-0.2, -0.15) is 0 Å². The molecular formula is C12H24N2O. The van der Waals surface area contributed by atoms with Gasteiger partial charge in [-0.15, -0.1) is 0 Å². The van der Waals surface area contributed by atoms with Crippen molar-refractivity contribution in [3.8, 4) is 0 Å². The van der Waals surface area contributed by atoms with Crippen LogP contribution in [0.1, 0.15) is 39.0 Å². The molecule has 0 aromatic carbocycles. The molecule has 3 nitrogen and oxygen atoms in total. The van der Waals surface area contributed by atoms with Crippen LogP contribution in [0.2, 0.25) is 0 Å². The summed E-state index contributed by atoms with van der Waals surface area (Å²) in [5.74, 6) is 0.439. The quantitative estimate of drug-likeness (QED) is 0.680. The third-order valence-electron chi connectivity index (χ3n) is 4.15. The monoisotopic (exact) mass is 212 g/mol. The minimum Gasteiger partial charge on any atom is -0.393 e. The SMILES string of the molecule is CC1CN(C2CCC(N)CC2)CCC1O. The van der Waals surface area contributed by atoms with Gasteiger partial charge < -0.3 is 10.8 Å². The van der Waals surface area contributed by atoms with Gasteiger partial charge in [0, 0.05) is 25.2 Å². The molecule has 3 N–H and O–H groups in total. The van der Waals surface area contributed by atoms with Crippen molar-refractivity contribution in [2.75, 3.05) is 13.1 Å². The predicted molar refractivity (Wildman–Crippen MR) is 61.6 cm³/mol. The highest BCUT2D eigenvalue weighted by Crippen LogP contribution is 2.26. The topological polar surface area (TPSA) is 49.5 Å². The van der Waals surface area contributed by atoms with Crippen LogP contribution in [0.4, 0.5) is 0 Å². The van der Waals surface area contributed by atoms with Gasteiger partial charge in [0.25, 0.3) is 0 Å². The van der Waals surface area contributed by atoms with Gasteiger partial charge in [-0.3, -0.25) is 4.90 Å². The summed E-state index contributed by atoms with van der Waals surface area (Å²) < 4.78 is 0. The lowest BCUT2D eigenvalue weighted by molar-refractivity contribution is 0.00891. The van der Waals surface area contributed by atoms with Crippen molar-refractivity contribution in [3.05, 3.63) is 0 Å². The van der Waals surface area contributed by atoms with Crippen LogP contribution in [0, 0.1) is 5.92 Å². The van der Waals surface area contributed by atoms with Gasteiger partial charge in [-0.1, -0.05) is 6.92 Å². The molecule has 1 saturated heterocycles. The number of rotatable bonds is 1. The normalized spacial score (nSPS) is 44.2. The second kappa shape index (κ2) is 4.81. The highest BCUT2D eigenvalue weighted by molar-refractivity contribution is 4.86. The first-order valence-electron chi connectivity index (χ1n) is 6.34. The van der Waals surface area contributed by atoms with E-state index in [1.54, 1.807) is 0 Å². The Balaban J connectivity index is 1.84. The fraction of sp³-hybridized carbons (Fsp3) is 1.00. The highest BCUT2D eigenvalue weighted by Gasteiger charge is 2.30. The van der Waals surface area contributed by atoms with Crippen molar-refractivity contribution >= 4 is 0 Å². The molecule has 1 aliphatic carbocycles. The van der Waals surface area contributed by atoms with Crippen molar-refractivity contribution < 1.29 is 5.11 Å². The van der Waals surface area contributed by atoms with Crippen LogP contribution in [0.5, 0.6) is 0 Å². The van der Waals surface area contributed by atoms with E-state index < -0.39 is 0 Å². The molecule has 2 atom stereocenters. The molecule has 0 bridgehead atoms. The Morgan fingerprint density at radius 1 is 1.13 bits per heavy atom. The second-order valence-corrected chi connectivity index (χ2v) is 5.40. The number of likely N-dealkylation sites (tertiary alicyclic amines) is 1. The zero-order chi connectivity index (χ0) is 10.8. The van der Waals surface area contributed by atoms with Crippen molar-refractivity contribution in [1.82, 2.24) is 4.90 Å². The molecule has 0 aromatic rings. The third kappa shape index (κ3) is 2.71. The van der Waals surface area contributed by atoms with E-state index in [0.717, 1.165) is 25.6 Å². The first-order valence-corrected chi connectivity index (χ1v) is 6.34. The third-order valence-corrected chi connectivity index (χ3v) is 4.15. The molecular weight excluding hydrogens is 188 g/mol. The molecule has 1 saturated carbocycles. The number of hydrogen-bond donors (Lipinski definition) is 2. The molecule has 2 unspecified atom stereocenters. The van der Waals surface area contributed by atoms with E-state index in [0.29, 0.717) is 12.0 Å². The number of nitrogens with two attached hydrogens (primary N) is 1. The molecule has 0 aromatic heterocycles. The fourth-order valence-corrected chi connectivity index (χ4v) is 2.96. The van der Waals surface area contributed by atoms with Crippen molar-refractivity contribution in [2.24, 2.45) is 11.7 Å². The minimum atomic E-state index is -0.0768. The van der Waals surface area contributed by atoms with Crippen LogP contribution in [-0.2, 0) is 0 Å². The Morgan fingerprint density at radius 2 is 1.80 bits per heavy atom. The van der Waals surface area contributed by atoms with Crippen LogP contribution in [0.25, 0.3) is 0 Å². The van der Waals surface area contributed by atoms with Crippen LogP contribution >= 0.6 is 0 Å². The van der Waals surface area contributed by atoms with E-state index in [-0.39, 0.29) is 6.10 Å². The van der Waals surface area contributed by atoms with E-state index in [1.165, 1.54) is 25.7 Å². The highest BCUT2D eigenvalue weighted by atomic mass is 16.3. The Labute approximate surface area is 92.6 Å². The maximum atomic E-state index is 9.69. The summed E-state index contributed by atoms with van der Waals surface area (Å²) in [7, 11) is 0. The van der Waals surface area contributed by atoms with Crippen LogP contribution in [-0.4, -0.2) is 41.3 Å². The van der Waals surface area contributed by atoms with Crippen molar-refractivity contribution in [3.63, 3.8) is 0 Å². The van der Waals surface area contributed by atoms with E-state index in [1.807, 2.05) is 0 Å². The molecule has 88 valence electrons. The van der Waals surface area contributed by atoms with E-state index in [9.17, 15) is 5.11 Å². The van der Waals surface area contributed by atoms with Gasteiger partial charge in [0.2, 0.25) is 0 Å². The second-order valence-electron chi connectivity index (χ2n) is 5.40. The molecule has 15 heavy (non-hydrogen) atoms. The molecule has 1 aliphatic heterocycles. The summed E-state index contributed by atoms with van der Waals surface area (Å²) in [5, 5.41) is 9.69. The average molecular weight is 212 g/mol. The number of hydrogen-bond acceptors (Lipinski definition) is 3. The summed E-state index contributed by atoms with van der Waals surface area (Å²) in [6, 6.07) is 1.17. The van der Waals surface area contributed by atoms with Gasteiger partial charge in [-0.05, 0) is 38.0 Å². The van der Waals surface area contributed by atoms with Crippen LogP contribution in [0.15, 0.2) is 0 Å². The molecule has 1 heterocycles. The summed E-state index contributed by atoms with van der Waals surface area (Å²) in [6.45, 7) is 4.30. The number of piperidine rings is 1.